The maximum atomic E-state index is 4.47. The molecule has 100 valence electrons. The number of anilines is 2. The van der Waals surface area contributed by atoms with E-state index in [1.54, 1.807) is 0 Å². The Hall–Kier alpha value is -2.82. The van der Waals surface area contributed by atoms with Crippen molar-refractivity contribution in [1.82, 2.24) is 20.3 Å². The normalized spacial score (nSPS) is 10.4. The Morgan fingerprint density at radius 2 is 2.15 bits per heavy atom. The van der Waals surface area contributed by atoms with Crippen LogP contribution in [0, 0.1) is 0 Å². The first-order chi connectivity index (χ1) is 9.76. The summed E-state index contributed by atoms with van der Waals surface area (Å²) in [5, 5.41) is 7.20. The molecule has 0 bridgehead atoms. The highest BCUT2D eigenvalue weighted by molar-refractivity contribution is 5.79. The number of nitrogens with zero attached hydrogens (tertiary/aromatic N) is 2. The molecule has 0 aliphatic rings. The van der Waals surface area contributed by atoms with E-state index in [1.165, 1.54) is 0 Å². The lowest BCUT2D eigenvalue weighted by atomic mass is 10.2. The van der Waals surface area contributed by atoms with Crippen LogP contribution in [0.15, 0.2) is 49.3 Å². The first-order valence-electron chi connectivity index (χ1n) is 6.30. The third-order valence-corrected chi connectivity index (χ3v) is 3.06. The van der Waals surface area contributed by atoms with E-state index >= 15 is 0 Å². The van der Waals surface area contributed by atoms with Gasteiger partial charge in [-0.3, -0.25) is 0 Å². The van der Waals surface area contributed by atoms with Crippen molar-refractivity contribution >= 4 is 28.2 Å². The first kappa shape index (κ1) is 12.2. The molecule has 0 aliphatic carbocycles. The van der Waals surface area contributed by atoms with Crippen LogP contribution < -0.4 is 10.6 Å². The molecule has 0 fully saturated rings. The van der Waals surface area contributed by atoms with Crippen molar-refractivity contribution in [3.8, 4) is 0 Å². The third-order valence-electron chi connectivity index (χ3n) is 3.06. The Bertz CT molecular complexity index is 760. The monoisotopic (exact) mass is 265 g/mol. The highest BCUT2D eigenvalue weighted by atomic mass is 15.1. The highest BCUT2D eigenvalue weighted by Gasteiger charge is 2.04. The predicted octanol–water partition coefficient (Wildman–Crippen LogP) is 2.89. The number of rotatable bonds is 4. The number of aromatic amines is 1. The number of aromatic nitrogens is 3. The van der Waals surface area contributed by atoms with Crippen LogP contribution in [-0.4, -0.2) is 22.0 Å². The van der Waals surface area contributed by atoms with Crippen LogP contribution in [0.3, 0.4) is 0 Å². The molecule has 0 saturated carbocycles. The van der Waals surface area contributed by atoms with Gasteiger partial charge in [0.2, 0.25) is 5.95 Å². The van der Waals surface area contributed by atoms with Gasteiger partial charge >= 0.3 is 0 Å². The second-order valence-electron chi connectivity index (χ2n) is 4.41. The van der Waals surface area contributed by atoms with Gasteiger partial charge in [-0.25, -0.2) is 9.97 Å². The van der Waals surface area contributed by atoms with E-state index in [0.29, 0.717) is 5.95 Å². The SMILES string of the molecule is C=C(NC)c1cc(Nc2ncc3ccccc3n2)c[nH]1. The summed E-state index contributed by atoms with van der Waals surface area (Å²) >= 11 is 0. The predicted molar refractivity (Wildman–Crippen MR) is 81.7 cm³/mol. The minimum atomic E-state index is 0.573. The number of H-pyrrole nitrogens is 1. The largest absolute Gasteiger partial charge is 0.387 e. The standard InChI is InChI=1S/C15H15N5/c1-10(16-2)14-7-12(9-17-14)19-15-18-8-11-5-3-4-6-13(11)20-15/h3-9,16-17H,1H2,2H3,(H,18,19,20). The lowest BCUT2D eigenvalue weighted by molar-refractivity contribution is 1.11. The fourth-order valence-corrected chi connectivity index (χ4v) is 1.94. The summed E-state index contributed by atoms with van der Waals surface area (Å²) in [7, 11) is 1.84. The van der Waals surface area contributed by atoms with Gasteiger partial charge in [-0.2, -0.15) is 0 Å². The van der Waals surface area contributed by atoms with E-state index in [0.717, 1.165) is 28.0 Å². The third kappa shape index (κ3) is 2.33. The van der Waals surface area contributed by atoms with Crippen molar-refractivity contribution in [2.45, 2.75) is 0 Å². The van der Waals surface area contributed by atoms with Crippen LogP contribution in [0.5, 0.6) is 0 Å². The molecule has 0 atom stereocenters. The van der Waals surface area contributed by atoms with Gasteiger partial charge in [-0.05, 0) is 12.1 Å². The summed E-state index contributed by atoms with van der Waals surface area (Å²) in [5.41, 5.74) is 3.57. The summed E-state index contributed by atoms with van der Waals surface area (Å²) in [6.45, 7) is 3.90. The number of hydrogen-bond acceptors (Lipinski definition) is 4. The lowest BCUT2D eigenvalue weighted by Crippen LogP contribution is -2.02. The summed E-state index contributed by atoms with van der Waals surface area (Å²) in [4.78, 5) is 11.9. The van der Waals surface area contributed by atoms with Crippen molar-refractivity contribution in [1.29, 1.82) is 0 Å². The number of nitrogens with one attached hydrogen (secondary N) is 3. The van der Waals surface area contributed by atoms with Gasteiger partial charge in [-0.15, -0.1) is 0 Å². The molecule has 2 aromatic heterocycles. The van der Waals surface area contributed by atoms with Crippen LogP contribution in [0.4, 0.5) is 11.6 Å². The minimum Gasteiger partial charge on any atom is -0.387 e. The molecule has 3 N–H and O–H groups in total. The number of benzene rings is 1. The molecule has 3 rings (SSSR count). The Morgan fingerprint density at radius 1 is 1.30 bits per heavy atom. The smallest absolute Gasteiger partial charge is 0.227 e. The molecule has 0 radical (unpaired) electrons. The highest BCUT2D eigenvalue weighted by Crippen LogP contribution is 2.19. The average molecular weight is 265 g/mol. The van der Waals surface area contributed by atoms with E-state index in [4.69, 9.17) is 0 Å². The molecule has 20 heavy (non-hydrogen) atoms. The van der Waals surface area contributed by atoms with E-state index in [1.807, 2.05) is 49.8 Å². The average Bonchev–Trinajstić information content (AvgIpc) is 2.95. The van der Waals surface area contributed by atoms with E-state index in [9.17, 15) is 0 Å². The Balaban J connectivity index is 1.85. The number of hydrogen-bond donors (Lipinski definition) is 3. The van der Waals surface area contributed by atoms with Crippen LogP contribution >= 0.6 is 0 Å². The first-order valence-corrected chi connectivity index (χ1v) is 6.30. The summed E-state index contributed by atoms with van der Waals surface area (Å²) in [6.07, 6.45) is 3.67. The molecule has 0 saturated heterocycles. The quantitative estimate of drug-likeness (QED) is 0.678. The topological polar surface area (TPSA) is 65.6 Å². The molecule has 2 heterocycles. The van der Waals surface area contributed by atoms with Gasteiger partial charge in [0.05, 0.1) is 22.6 Å². The molecule has 3 aromatic rings. The maximum Gasteiger partial charge on any atom is 0.227 e. The van der Waals surface area contributed by atoms with Crippen molar-refractivity contribution in [3.05, 3.63) is 55.0 Å². The Morgan fingerprint density at radius 3 is 3.00 bits per heavy atom. The summed E-state index contributed by atoms with van der Waals surface area (Å²) < 4.78 is 0. The fourth-order valence-electron chi connectivity index (χ4n) is 1.94. The second-order valence-corrected chi connectivity index (χ2v) is 4.41. The van der Waals surface area contributed by atoms with Crippen molar-refractivity contribution < 1.29 is 0 Å². The zero-order valence-electron chi connectivity index (χ0n) is 11.1. The molecular weight excluding hydrogens is 250 g/mol. The molecule has 0 amide bonds. The van der Waals surface area contributed by atoms with Gasteiger partial charge in [-0.1, -0.05) is 24.8 Å². The van der Waals surface area contributed by atoms with Crippen LogP contribution in [0.1, 0.15) is 5.69 Å². The minimum absolute atomic E-state index is 0.573. The van der Waals surface area contributed by atoms with Gasteiger partial charge < -0.3 is 15.6 Å². The van der Waals surface area contributed by atoms with Crippen LogP contribution in [0.2, 0.25) is 0 Å². The van der Waals surface area contributed by atoms with Crippen molar-refractivity contribution in [2.75, 3.05) is 12.4 Å². The molecular formula is C15H15N5. The number of para-hydroxylation sites is 1. The maximum absolute atomic E-state index is 4.47. The van der Waals surface area contributed by atoms with E-state index in [-0.39, 0.29) is 0 Å². The van der Waals surface area contributed by atoms with Gasteiger partial charge in [0.15, 0.2) is 0 Å². The molecule has 0 aliphatic heterocycles. The zero-order chi connectivity index (χ0) is 13.9. The fraction of sp³-hybridized carbons (Fsp3) is 0.0667. The van der Waals surface area contributed by atoms with E-state index < -0.39 is 0 Å². The Labute approximate surface area is 116 Å². The summed E-state index contributed by atoms with van der Waals surface area (Å²) in [6, 6.07) is 9.85. The second kappa shape index (κ2) is 5.05. The van der Waals surface area contributed by atoms with Crippen LogP contribution in [-0.2, 0) is 0 Å². The summed E-state index contributed by atoms with van der Waals surface area (Å²) in [5.74, 6) is 0.573. The van der Waals surface area contributed by atoms with Gasteiger partial charge in [0, 0.05) is 24.8 Å². The van der Waals surface area contributed by atoms with Crippen molar-refractivity contribution in [2.24, 2.45) is 0 Å². The molecule has 0 unspecified atom stereocenters. The number of fused-ring (bicyclic) bond motifs is 1. The molecule has 5 heteroatoms. The van der Waals surface area contributed by atoms with E-state index in [2.05, 4.69) is 32.2 Å². The van der Waals surface area contributed by atoms with Gasteiger partial charge in [0.1, 0.15) is 0 Å². The molecule has 5 nitrogen and oxygen atoms in total. The van der Waals surface area contributed by atoms with Crippen molar-refractivity contribution in [3.63, 3.8) is 0 Å². The molecule has 1 aromatic carbocycles. The van der Waals surface area contributed by atoms with Crippen LogP contribution in [0.25, 0.3) is 16.6 Å². The zero-order valence-corrected chi connectivity index (χ0v) is 11.1. The Kier molecular flexibility index (Phi) is 3.09. The molecule has 0 spiro atoms. The lowest BCUT2D eigenvalue weighted by Gasteiger charge is -2.03. The van der Waals surface area contributed by atoms with Gasteiger partial charge in [0.25, 0.3) is 0 Å².